The second kappa shape index (κ2) is 26.1. The number of para-hydroxylation sites is 7. The summed E-state index contributed by atoms with van der Waals surface area (Å²) in [6.07, 6.45) is 0. The molecule has 0 amide bonds. The van der Waals surface area contributed by atoms with Crippen molar-refractivity contribution in [3.63, 3.8) is 0 Å². The molecule has 0 unspecified atom stereocenters. The predicted octanol–water partition coefficient (Wildman–Crippen LogP) is 27.7. The molecule has 542 valence electrons. The highest BCUT2D eigenvalue weighted by Gasteiger charge is 2.53. The summed E-state index contributed by atoms with van der Waals surface area (Å²) in [7, 11) is 0. The molecule has 0 N–H and O–H groups in total. The Balaban J connectivity index is 0.625. The van der Waals surface area contributed by atoms with Crippen molar-refractivity contribution in [3.8, 4) is 67.8 Å². The van der Waals surface area contributed by atoms with Gasteiger partial charge in [-0.15, -0.1) is 0 Å². The van der Waals surface area contributed by atoms with Crippen molar-refractivity contribution >= 4 is 101 Å². The van der Waals surface area contributed by atoms with Gasteiger partial charge in [-0.25, -0.2) is 15.0 Å². The molecule has 0 radical (unpaired) electrons. The number of hydrogen-bond acceptors (Lipinski definition) is 7. The molecule has 0 bridgehead atoms. The summed E-state index contributed by atoms with van der Waals surface area (Å²) in [4.78, 5) is 26.6. The molecule has 0 fully saturated rings. The van der Waals surface area contributed by atoms with Gasteiger partial charge in [-0.05, 0) is 152 Å². The first-order chi connectivity index (χ1) is 57.5. The van der Waals surface area contributed by atoms with E-state index in [1.807, 2.05) is 23.5 Å². The summed E-state index contributed by atoms with van der Waals surface area (Å²) in [6.45, 7) is 0. The second-order valence-corrected chi connectivity index (χ2v) is 32.5. The molecule has 16 aromatic carbocycles. The molecule has 24 rings (SSSR count). The highest BCUT2D eigenvalue weighted by molar-refractivity contribution is 8.00. The summed E-state index contributed by atoms with van der Waals surface area (Å²) in [6, 6.07) is 149. The van der Waals surface area contributed by atoms with Gasteiger partial charge < -0.3 is 9.80 Å². The predicted molar refractivity (Wildman–Crippen MR) is 477 cm³/mol. The molecule has 0 saturated heterocycles. The van der Waals surface area contributed by atoms with Crippen LogP contribution in [0, 0.1) is 0 Å². The van der Waals surface area contributed by atoms with Crippen molar-refractivity contribution in [1.29, 1.82) is 0 Å². The fourth-order valence-electron chi connectivity index (χ4n) is 19.6. The van der Waals surface area contributed by atoms with Crippen LogP contribution in [-0.2, 0) is 10.8 Å². The third-order valence-corrected chi connectivity index (χ3v) is 26.8. The fourth-order valence-corrected chi connectivity index (χ4v) is 22.2. The smallest absolute Gasteiger partial charge is 0.162 e. The van der Waals surface area contributed by atoms with Gasteiger partial charge in [-0.2, -0.15) is 0 Å². The first kappa shape index (κ1) is 66.3. The lowest BCUT2D eigenvalue weighted by atomic mass is 9.62. The molecule has 4 aliphatic heterocycles. The third kappa shape index (κ3) is 9.73. The van der Waals surface area contributed by atoms with Crippen LogP contribution in [0.4, 0.5) is 34.1 Å². The largest absolute Gasteiger partial charge is 0.310 e. The Morgan fingerprint density at radius 1 is 0.224 bits per heavy atom. The SMILES string of the molecule is c1ccc(-c2cc(-c3ccccc3)nc(-n3c4ccccc4c4ccc5c(c43)Sc3ccccc3C53c4ccccc4N(c4ccc(-c5ccc(-c6cc(-n7c8ccccc8c8ccc9c(c87)Sc7ccccc7C97c8ccccc8N(c8ccccc8)c8ccccc87)nc(-c7ccccc7)n6)cc5)cc4)c4ccccc43)c2)cc1. The van der Waals surface area contributed by atoms with E-state index in [2.05, 4.69) is 425 Å². The minimum atomic E-state index is -0.723. The number of hydrogen-bond donors (Lipinski definition) is 0. The van der Waals surface area contributed by atoms with E-state index in [4.69, 9.17) is 15.0 Å². The highest BCUT2D eigenvalue weighted by atomic mass is 32.2. The second-order valence-electron chi connectivity index (χ2n) is 30.4. The molecule has 9 heteroatoms. The number of aromatic nitrogens is 5. The molecule has 4 aromatic heterocycles. The van der Waals surface area contributed by atoms with Crippen LogP contribution in [0.5, 0.6) is 0 Å². The molecule has 8 heterocycles. The molecule has 2 spiro atoms. The molecular weight excluding hydrogens is 1450 g/mol. The van der Waals surface area contributed by atoms with E-state index >= 15 is 0 Å². The first-order valence-corrected chi connectivity index (χ1v) is 41.2. The van der Waals surface area contributed by atoms with Crippen LogP contribution in [0.2, 0.25) is 0 Å². The monoisotopic (exact) mass is 1510 g/mol. The van der Waals surface area contributed by atoms with Crippen molar-refractivity contribution in [2.45, 2.75) is 30.4 Å². The zero-order valence-corrected chi connectivity index (χ0v) is 64.3. The van der Waals surface area contributed by atoms with E-state index in [9.17, 15) is 0 Å². The minimum absolute atomic E-state index is 0.652. The van der Waals surface area contributed by atoms with Crippen molar-refractivity contribution in [3.05, 3.63) is 451 Å². The fraction of sp³-hybridized carbons (Fsp3) is 0.0187. The lowest BCUT2D eigenvalue weighted by molar-refractivity contribution is 0.693. The standard InChI is InChI=1S/C107H67N7S2/c1-5-29-68(30-6-1)74-65-89(71-31-7-2-8-32-71)108-99(66-74)113-91-45-21-13-37-77(91)79-61-63-87-103(101(79)113)115-97-51-27-20-44-86(97)107(87)83-41-17-25-49-95(83)112(96-50-26-18-42-84(96)107)76-59-57-70(58-60-76)69-53-55-72(56-54-69)90-67-100(110-105(109-90)73-33-9-3-10-34-73)114-92-46-22-14-38-78(92)80-62-64-88-104(102(80)114)116-98-52-28-19-43-85(98)106(88)81-39-15-23-47-93(81)111(75-35-11-4-12-36-75)94-48-24-16-40-82(94)106/h1-67H. The van der Waals surface area contributed by atoms with Gasteiger partial charge in [-0.1, -0.05) is 339 Å². The lowest BCUT2D eigenvalue weighted by Crippen LogP contribution is -2.39. The van der Waals surface area contributed by atoms with Crippen LogP contribution in [-0.4, -0.2) is 24.1 Å². The number of fused-ring (bicyclic) bond motifs is 24. The van der Waals surface area contributed by atoms with Gasteiger partial charge in [0.05, 0.1) is 67.0 Å². The van der Waals surface area contributed by atoms with Crippen molar-refractivity contribution in [2.24, 2.45) is 0 Å². The first-order valence-electron chi connectivity index (χ1n) is 39.5. The van der Waals surface area contributed by atoms with Gasteiger partial charge in [0, 0.05) is 75.3 Å². The van der Waals surface area contributed by atoms with E-state index < -0.39 is 10.8 Å². The highest BCUT2D eigenvalue weighted by Crippen LogP contribution is 2.67. The van der Waals surface area contributed by atoms with Gasteiger partial charge in [0.25, 0.3) is 0 Å². The molecular formula is C107H67N7S2. The third-order valence-electron chi connectivity index (χ3n) is 24.4. The van der Waals surface area contributed by atoms with Crippen molar-refractivity contribution in [1.82, 2.24) is 24.1 Å². The summed E-state index contributed by atoms with van der Waals surface area (Å²) >= 11 is 3.75. The summed E-state index contributed by atoms with van der Waals surface area (Å²) < 4.78 is 4.88. The van der Waals surface area contributed by atoms with E-state index in [0.29, 0.717) is 5.82 Å². The molecule has 0 saturated carbocycles. The molecule has 0 aliphatic carbocycles. The maximum atomic E-state index is 5.65. The van der Waals surface area contributed by atoms with Gasteiger partial charge in [-0.3, -0.25) is 9.13 Å². The Hall–Kier alpha value is -14.4. The Labute approximate surface area is 679 Å². The topological polar surface area (TPSA) is 55.0 Å². The van der Waals surface area contributed by atoms with Crippen LogP contribution < -0.4 is 9.80 Å². The van der Waals surface area contributed by atoms with E-state index in [-0.39, 0.29) is 0 Å². The molecule has 4 aliphatic rings. The molecule has 116 heavy (non-hydrogen) atoms. The van der Waals surface area contributed by atoms with Gasteiger partial charge in [0.1, 0.15) is 11.6 Å². The van der Waals surface area contributed by atoms with Crippen LogP contribution in [0.15, 0.2) is 426 Å². The average molecular weight is 1510 g/mol. The van der Waals surface area contributed by atoms with Crippen LogP contribution in [0.3, 0.4) is 0 Å². The van der Waals surface area contributed by atoms with Crippen molar-refractivity contribution in [2.75, 3.05) is 9.80 Å². The van der Waals surface area contributed by atoms with Gasteiger partial charge in [0.15, 0.2) is 5.82 Å². The summed E-state index contributed by atoms with van der Waals surface area (Å²) in [5, 5.41) is 4.70. The summed E-state index contributed by atoms with van der Waals surface area (Å²) in [5.41, 5.74) is 28.9. The lowest BCUT2D eigenvalue weighted by Gasteiger charge is -2.49. The normalized spacial score (nSPS) is 13.7. The maximum absolute atomic E-state index is 5.65. The Morgan fingerprint density at radius 2 is 0.578 bits per heavy atom. The Kier molecular flexibility index (Phi) is 14.9. The number of benzene rings is 16. The maximum Gasteiger partial charge on any atom is 0.162 e. The average Bonchev–Trinajstić information content (AvgIpc) is 1.03. The van der Waals surface area contributed by atoms with Crippen molar-refractivity contribution < 1.29 is 0 Å². The Morgan fingerprint density at radius 3 is 1.07 bits per heavy atom. The van der Waals surface area contributed by atoms with Crippen LogP contribution >= 0.6 is 23.5 Å². The number of rotatable bonds is 9. The van der Waals surface area contributed by atoms with Crippen LogP contribution in [0.25, 0.3) is 111 Å². The Bertz CT molecular complexity index is 7250. The van der Waals surface area contributed by atoms with E-state index in [1.54, 1.807) is 0 Å². The quantitative estimate of drug-likeness (QED) is 0.143. The zero-order chi connectivity index (χ0) is 76.2. The van der Waals surface area contributed by atoms with E-state index in [0.717, 1.165) is 124 Å². The van der Waals surface area contributed by atoms with Gasteiger partial charge >= 0.3 is 0 Å². The van der Waals surface area contributed by atoms with Gasteiger partial charge in [0.2, 0.25) is 0 Å². The molecule has 20 aromatic rings. The number of pyridine rings is 1. The number of nitrogens with zero attached hydrogens (tertiary/aromatic N) is 7. The van der Waals surface area contributed by atoms with E-state index in [1.165, 1.54) is 80.2 Å². The zero-order valence-electron chi connectivity index (χ0n) is 62.6. The number of anilines is 6. The minimum Gasteiger partial charge on any atom is -0.310 e. The molecule has 7 nitrogen and oxygen atoms in total. The van der Waals surface area contributed by atoms with Crippen LogP contribution in [0.1, 0.15) is 44.5 Å². The summed E-state index contributed by atoms with van der Waals surface area (Å²) in [5.74, 6) is 2.32. The molecule has 0 atom stereocenters.